The summed E-state index contributed by atoms with van der Waals surface area (Å²) in [5, 5.41) is 36.7. The summed E-state index contributed by atoms with van der Waals surface area (Å²) in [5.41, 5.74) is 7.21. The Kier molecular flexibility index (Phi) is 14.4. The number of phenols is 1. The van der Waals surface area contributed by atoms with Crippen LogP contribution in [0.5, 0.6) is 5.75 Å². The van der Waals surface area contributed by atoms with E-state index in [0.717, 1.165) is 63.4 Å². The summed E-state index contributed by atoms with van der Waals surface area (Å²) in [7, 11) is -3.08. The van der Waals surface area contributed by atoms with Gasteiger partial charge in [-0.3, -0.25) is 19.4 Å². The maximum Gasteiger partial charge on any atom is 0.261 e. The average Bonchev–Trinajstić information content (AvgIpc) is 3.58. The third kappa shape index (κ3) is 9.55. The van der Waals surface area contributed by atoms with Crippen LogP contribution in [-0.2, 0) is 20.6 Å². The van der Waals surface area contributed by atoms with Gasteiger partial charge in [0.25, 0.3) is 8.32 Å². The maximum absolute atomic E-state index is 14.8. The molecule has 0 bridgehead atoms. The Labute approximate surface area is 392 Å². The summed E-state index contributed by atoms with van der Waals surface area (Å²) in [5.74, 6) is -2.33. The number of aliphatic hydroxyl groups excluding tert-OH is 2. The molecule has 0 radical (unpaired) electrons. The fourth-order valence-electron chi connectivity index (χ4n) is 11.3. The molecule has 1 aliphatic carbocycles. The number of nitrogens with zero attached hydrogens (tertiary/aromatic N) is 2. The number of hydrogen-bond acceptors (Lipinski definition) is 7. The van der Waals surface area contributed by atoms with Crippen LogP contribution in [-0.4, -0.2) is 83.7 Å². The van der Waals surface area contributed by atoms with E-state index in [1.54, 1.807) is 4.90 Å². The van der Waals surface area contributed by atoms with E-state index in [9.17, 15) is 24.9 Å². The second-order valence-corrected chi connectivity index (χ2v) is 24.1. The Morgan fingerprint density at radius 2 is 1.35 bits per heavy atom. The number of piperidine rings is 1. The predicted molar refractivity (Wildman–Crippen MR) is 267 cm³/mol. The van der Waals surface area contributed by atoms with E-state index in [-0.39, 0.29) is 48.3 Å². The number of aliphatic hydroxyl groups is 2. The Hall–Kier alpha value is -5.42. The van der Waals surface area contributed by atoms with Crippen LogP contribution < -0.4 is 10.4 Å². The van der Waals surface area contributed by atoms with Crippen LogP contribution in [0.4, 0.5) is 0 Å². The van der Waals surface area contributed by atoms with Crippen LogP contribution in [0.25, 0.3) is 11.6 Å². The first kappa shape index (κ1) is 47.1. The summed E-state index contributed by atoms with van der Waals surface area (Å²) in [6, 6.07) is 45.1. The Balaban J connectivity index is 1.15. The lowest BCUT2D eigenvalue weighted by atomic mass is 9.68. The van der Waals surface area contributed by atoms with Crippen molar-refractivity contribution in [2.24, 2.45) is 17.8 Å². The first-order chi connectivity index (χ1) is 31.8. The van der Waals surface area contributed by atoms with E-state index >= 15 is 0 Å². The Bertz CT molecular complexity index is 2470. The summed E-state index contributed by atoms with van der Waals surface area (Å²) >= 11 is 0. The monoisotopic (exact) mass is 902 g/mol. The standard InChI is InChI=1S/C57H66N2O6Si/c1-39-32-42(33-40(2)54(39)62)34-44(43-20-12-7-13-21-43)26-27-51(61)52-45(38-65-66(57(3,4)5,47-22-14-8-15-23-47)48-24-16-9-17-25-48)35-49-53(50(52)37-60)56(64)59(55(49)63)46-28-30-58(31-29-46)36-41-18-10-6-11-19-41/h6-25,32-34,46,49-51,53,60-62H,26-31,35-38H2,1-5H3/b44-34-/t49-,50+,51-,53-/m1/s1. The summed E-state index contributed by atoms with van der Waals surface area (Å²) in [6.45, 7) is 12.6. The molecule has 2 saturated heterocycles. The number of carbonyl (C=O) groups is 2. The van der Waals surface area contributed by atoms with Gasteiger partial charge in [0.1, 0.15) is 5.75 Å². The molecule has 9 heteroatoms. The van der Waals surface area contributed by atoms with E-state index in [4.69, 9.17) is 4.43 Å². The van der Waals surface area contributed by atoms with E-state index < -0.39 is 32.2 Å². The third-order valence-electron chi connectivity index (χ3n) is 14.5. The lowest BCUT2D eigenvalue weighted by Gasteiger charge is -2.44. The molecule has 66 heavy (non-hydrogen) atoms. The molecule has 2 heterocycles. The molecule has 344 valence electrons. The molecule has 0 spiro atoms. The van der Waals surface area contributed by atoms with E-state index in [1.165, 1.54) is 5.56 Å². The molecule has 8 nitrogen and oxygen atoms in total. The largest absolute Gasteiger partial charge is 0.507 e. The molecule has 4 atom stereocenters. The highest BCUT2D eigenvalue weighted by Gasteiger charge is 2.57. The predicted octanol–water partition coefficient (Wildman–Crippen LogP) is 8.84. The van der Waals surface area contributed by atoms with Crippen LogP contribution in [0.2, 0.25) is 5.04 Å². The summed E-state index contributed by atoms with van der Waals surface area (Å²) in [4.78, 5) is 33.6. The van der Waals surface area contributed by atoms with Crippen molar-refractivity contribution in [1.82, 2.24) is 9.80 Å². The molecule has 3 aliphatic rings. The topological polar surface area (TPSA) is 111 Å². The van der Waals surface area contributed by atoms with Gasteiger partial charge in [-0.25, -0.2) is 0 Å². The number of amides is 2. The molecule has 2 fully saturated rings. The number of aryl methyl sites for hydroxylation is 2. The van der Waals surface area contributed by atoms with E-state index in [0.29, 0.717) is 31.3 Å². The number of aromatic hydroxyl groups is 1. The minimum absolute atomic E-state index is 0.145. The number of fused-ring (bicyclic) bond motifs is 1. The highest BCUT2D eigenvalue weighted by atomic mass is 28.4. The van der Waals surface area contributed by atoms with Gasteiger partial charge in [-0.2, -0.15) is 0 Å². The van der Waals surface area contributed by atoms with Gasteiger partial charge in [-0.05, 0) is 118 Å². The quantitative estimate of drug-likeness (QED) is 0.0417. The normalized spacial score (nSPS) is 20.5. The van der Waals surface area contributed by atoms with Crippen molar-refractivity contribution in [2.75, 3.05) is 26.3 Å². The second kappa shape index (κ2) is 20.2. The van der Waals surface area contributed by atoms with Crippen LogP contribution >= 0.6 is 0 Å². The number of hydrogen-bond donors (Lipinski definition) is 3. The van der Waals surface area contributed by atoms with E-state index in [2.05, 4.69) is 105 Å². The summed E-state index contributed by atoms with van der Waals surface area (Å²) < 4.78 is 7.54. The zero-order chi connectivity index (χ0) is 46.6. The van der Waals surface area contributed by atoms with Crippen LogP contribution in [0.3, 0.4) is 0 Å². The van der Waals surface area contributed by atoms with Crippen molar-refractivity contribution >= 4 is 42.2 Å². The molecule has 5 aromatic rings. The first-order valence-electron chi connectivity index (χ1n) is 23.8. The van der Waals surface area contributed by atoms with Gasteiger partial charge in [0, 0.05) is 31.6 Å². The number of likely N-dealkylation sites (tertiary alicyclic amines) is 2. The fourth-order valence-corrected chi connectivity index (χ4v) is 15.8. The van der Waals surface area contributed by atoms with Crippen LogP contribution in [0, 0.1) is 31.6 Å². The molecule has 8 rings (SSSR count). The van der Waals surface area contributed by atoms with Crippen molar-refractivity contribution < 1.29 is 29.3 Å². The number of rotatable bonds is 15. The minimum atomic E-state index is -3.08. The van der Waals surface area contributed by atoms with Crippen molar-refractivity contribution in [3.8, 4) is 5.75 Å². The number of benzene rings is 5. The van der Waals surface area contributed by atoms with Crippen molar-refractivity contribution in [1.29, 1.82) is 0 Å². The van der Waals surface area contributed by atoms with Gasteiger partial charge in [-0.1, -0.05) is 148 Å². The van der Waals surface area contributed by atoms with Gasteiger partial charge in [0.15, 0.2) is 0 Å². The molecular formula is C57H66N2O6Si. The van der Waals surface area contributed by atoms with Gasteiger partial charge in [0.05, 0.1) is 31.2 Å². The first-order valence-corrected chi connectivity index (χ1v) is 25.7. The maximum atomic E-state index is 14.8. The molecule has 3 N–H and O–H groups in total. The third-order valence-corrected chi connectivity index (χ3v) is 19.5. The SMILES string of the molecule is Cc1cc(/C=C(/CC[C@@H](O)C2=C(CO[Si](c3ccccc3)(c3ccccc3)C(C)(C)C)C[C@H]3C(=O)N(C4CCN(Cc5ccccc5)CC4)C(=O)[C@H]3[C@H]2CO)c2ccccc2)cc(C)c1O. The zero-order valence-corrected chi connectivity index (χ0v) is 40.2. The van der Waals surface area contributed by atoms with Crippen molar-refractivity contribution in [2.45, 2.75) is 90.5 Å². The van der Waals surface area contributed by atoms with Gasteiger partial charge < -0.3 is 19.7 Å². The lowest BCUT2D eigenvalue weighted by molar-refractivity contribution is -0.144. The van der Waals surface area contributed by atoms with Crippen LogP contribution in [0.1, 0.15) is 80.7 Å². The zero-order valence-electron chi connectivity index (χ0n) is 39.2. The molecule has 2 aliphatic heterocycles. The van der Waals surface area contributed by atoms with Crippen molar-refractivity contribution in [3.05, 3.63) is 172 Å². The van der Waals surface area contributed by atoms with Gasteiger partial charge >= 0.3 is 0 Å². The molecule has 5 aromatic carbocycles. The Morgan fingerprint density at radius 3 is 1.89 bits per heavy atom. The second-order valence-electron chi connectivity index (χ2n) is 19.8. The fraction of sp³-hybridized carbons (Fsp3) is 0.368. The van der Waals surface area contributed by atoms with Crippen LogP contribution in [0.15, 0.2) is 145 Å². The molecule has 0 saturated carbocycles. The highest BCUT2D eigenvalue weighted by molar-refractivity contribution is 6.99. The number of carbonyl (C=O) groups excluding carboxylic acids is 2. The number of imide groups is 1. The number of phenolic OH excluding ortho intramolecular Hbond substituents is 1. The summed E-state index contributed by atoms with van der Waals surface area (Å²) in [6.07, 6.45) is 3.54. The molecule has 0 aromatic heterocycles. The van der Waals surface area contributed by atoms with Gasteiger partial charge in [-0.15, -0.1) is 0 Å². The average molecular weight is 903 g/mol. The van der Waals surface area contributed by atoms with E-state index in [1.807, 2.05) is 74.5 Å². The Morgan fingerprint density at radius 1 is 0.803 bits per heavy atom. The molecule has 0 unspecified atom stereocenters. The van der Waals surface area contributed by atoms with Crippen molar-refractivity contribution in [3.63, 3.8) is 0 Å². The smallest absolute Gasteiger partial charge is 0.261 e. The molecular weight excluding hydrogens is 837 g/mol. The highest BCUT2D eigenvalue weighted by Crippen LogP contribution is 2.48. The lowest BCUT2D eigenvalue weighted by Crippen LogP contribution is -2.66. The van der Waals surface area contributed by atoms with Gasteiger partial charge in [0.2, 0.25) is 11.8 Å². The molecule has 2 amide bonds. The minimum Gasteiger partial charge on any atom is -0.507 e. The number of allylic oxidation sites excluding steroid dienone is 1.